The topological polar surface area (TPSA) is 46.2 Å². The van der Waals surface area contributed by atoms with Gasteiger partial charge in [-0.15, -0.1) is 0 Å². The average Bonchev–Trinajstić information content (AvgIpc) is 2.78. The molecule has 0 aromatic carbocycles. The van der Waals surface area contributed by atoms with Gasteiger partial charge in [-0.2, -0.15) is 0 Å². The Morgan fingerprint density at radius 2 is 1.09 bits per heavy atom. The van der Waals surface area contributed by atoms with Crippen molar-refractivity contribution >= 4 is 22.8 Å². The van der Waals surface area contributed by atoms with E-state index in [9.17, 15) is 9.59 Å². The first-order valence-corrected chi connectivity index (χ1v) is 15.1. The fraction of sp³-hybridized carbons (Fsp3) is 0.929. The SMILES string of the molecule is CC(=O)SCC(=O)NCCCCCC1CCCCCCCCCCCCCCCCCC1. The highest BCUT2D eigenvalue weighted by Gasteiger charge is 2.09. The van der Waals surface area contributed by atoms with Gasteiger partial charge in [0.15, 0.2) is 5.12 Å². The molecule has 0 radical (unpaired) electrons. The second-order valence-corrected chi connectivity index (χ2v) is 11.2. The second-order valence-electron chi connectivity index (χ2n) is 10.1. The Balaban J connectivity index is 2.19. The lowest BCUT2D eigenvalue weighted by atomic mass is 9.89. The van der Waals surface area contributed by atoms with Crippen molar-refractivity contribution < 1.29 is 9.59 Å². The molecule has 1 rings (SSSR count). The molecule has 0 atom stereocenters. The quantitative estimate of drug-likeness (QED) is 0.363. The van der Waals surface area contributed by atoms with Crippen LogP contribution in [0.1, 0.15) is 148 Å². The normalized spacial score (nSPS) is 19.4. The Labute approximate surface area is 204 Å². The summed E-state index contributed by atoms with van der Waals surface area (Å²) in [5, 5.41) is 2.95. The first-order chi connectivity index (χ1) is 15.7. The molecule has 0 spiro atoms. The van der Waals surface area contributed by atoms with Gasteiger partial charge < -0.3 is 5.32 Å². The molecule has 0 heterocycles. The predicted octanol–water partition coefficient (Wildman–Crippen LogP) is 8.59. The summed E-state index contributed by atoms with van der Waals surface area (Å²) in [6.45, 7) is 2.26. The fourth-order valence-corrected chi connectivity index (χ4v) is 5.39. The molecule has 0 aromatic heterocycles. The van der Waals surface area contributed by atoms with E-state index in [1.807, 2.05) is 0 Å². The third-order valence-corrected chi connectivity index (χ3v) is 7.81. The molecule has 1 saturated carbocycles. The number of carbonyl (C=O) groups excluding carboxylic acids is 2. The molecule has 0 unspecified atom stereocenters. The lowest BCUT2D eigenvalue weighted by molar-refractivity contribution is -0.118. The standard InChI is InChI=1S/C28H53NO2S/c1-26(30)32-25-28(31)29-24-20-16-19-23-27-21-17-14-12-10-8-6-4-2-3-5-7-9-11-13-15-18-22-27/h27H,2-25H2,1H3,(H,29,31). The van der Waals surface area contributed by atoms with E-state index in [-0.39, 0.29) is 16.8 Å². The van der Waals surface area contributed by atoms with Gasteiger partial charge in [0.05, 0.1) is 5.75 Å². The Hall–Kier alpha value is -0.510. The first kappa shape index (κ1) is 29.5. The second kappa shape index (κ2) is 22.3. The van der Waals surface area contributed by atoms with E-state index in [1.165, 1.54) is 142 Å². The van der Waals surface area contributed by atoms with Gasteiger partial charge in [0.1, 0.15) is 0 Å². The molecular formula is C28H53NO2S. The van der Waals surface area contributed by atoms with Crippen LogP contribution in [0.15, 0.2) is 0 Å². The van der Waals surface area contributed by atoms with Crippen molar-refractivity contribution in [1.29, 1.82) is 0 Å². The van der Waals surface area contributed by atoms with Crippen molar-refractivity contribution in [2.24, 2.45) is 5.92 Å². The van der Waals surface area contributed by atoms with Crippen molar-refractivity contribution in [3.63, 3.8) is 0 Å². The minimum atomic E-state index is -0.00955. The molecule has 1 N–H and O–H groups in total. The molecular weight excluding hydrogens is 414 g/mol. The number of hydrogen-bond donors (Lipinski definition) is 1. The van der Waals surface area contributed by atoms with E-state index in [2.05, 4.69) is 5.32 Å². The van der Waals surface area contributed by atoms with Crippen LogP contribution in [-0.4, -0.2) is 23.3 Å². The van der Waals surface area contributed by atoms with Crippen LogP contribution in [0.5, 0.6) is 0 Å². The van der Waals surface area contributed by atoms with Crippen molar-refractivity contribution in [3.8, 4) is 0 Å². The summed E-state index contributed by atoms with van der Waals surface area (Å²) in [7, 11) is 0. The lowest BCUT2D eigenvalue weighted by Crippen LogP contribution is -2.26. The molecule has 4 heteroatoms. The minimum Gasteiger partial charge on any atom is -0.355 e. The Morgan fingerprint density at radius 3 is 1.53 bits per heavy atom. The largest absolute Gasteiger partial charge is 0.355 e. The number of thioether (sulfide) groups is 1. The summed E-state index contributed by atoms with van der Waals surface area (Å²) in [5.41, 5.74) is 0. The van der Waals surface area contributed by atoms with Gasteiger partial charge >= 0.3 is 0 Å². The maximum absolute atomic E-state index is 11.7. The Kier molecular flexibility index (Phi) is 20.6. The number of carbonyl (C=O) groups is 2. The maximum Gasteiger partial charge on any atom is 0.230 e. The number of amides is 1. The summed E-state index contributed by atoms with van der Waals surface area (Å²) < 4.78 is 0. The summed E-state index contributed by atoms with van der Waals surface area (Å²) in [6, 6.07) is 0. The van der Waals surface area contributed by atoms with E-state index in [4.69, 9.17) is 0 Å². The molecule has 0 aromatic rings. The molecule has 0 saturated heterocycles. The molecule has 3 nitrogen and oxygen atoms in total. The number of nitrogens with one attached hydrogen (secondary N) is 1. The summed E-state index contributed by atoms with van der Waals surface area (Å²) in [5.74, 6) is 1.17. The maximum atomic E-state index is 11.7. The number of rotatable bonds is 8. The Morgan fingerprint density at radius 1 is 0.656 bits per heavy atom. The highest BCUT2D eigenvalue weighted by atomic mass is 32.2. The van der Waals surface area contributed by atoms with E-state index in [1.54, 1.807) is 0 Å². The van der Waals surface area contributed by atoms with Gasteiger partial charge in [-0.25, -0.2) is 0 Å². The van der Waals surface area contributed by atoms with Crippen molar-refractivity contribution in [3.05, 3.63) is 0 Å². The highest BCUT2D eigenvalue weighted by Crippen LogP contribution is 2.24. The predicted molar refractivity (Wildman–Crippen MR) is 141 cm³/mol. The van der Waals surface area contributed by atoms with Crippen LogP contribution >= 0.6 is 11.8 Å². The Bertz CT molecular complexity index is 435. The van der Waals surface area contributed by atoms with E-state index >= 15 is 0 Å². The van der Waals surface area contributed by atoms with Gasteiger partial charge in [-0.05, 0) is 12.3 Å². The number of unbranched alkanes of at least 4 members (excludes halogenated alkanes) is 2. The van der Waals surface area contributed by atoms with Gasteiger partial charge in [-0.1, -0.05) is 147 Å². The molecule has 0 bridgehead atoms. The molecule has 188 valence electrons. The van der Waals surface area contributed by atoms with Crippen molar-refractivity contribution in [2.45, 2.75) is 148 Å². The van der Waals surface area contributed by atoms with E-state index in [0.717, 1.165) is 30.6 Å². The van der Waals surface area contributed by atoms with E-state index in [0.29, 0.717) is 0 Å². The minimum absolute atomic E-state index is 0.00955. The lowest BCUT2D eigenvalue weighted by Gasteiger charge is -2.17. The highest BCUT2D eigenvalue weighted by molar-refractivity contribution is 8.14. The third kappa shape index (κ3) is 20.1. The van der Waals surface area contributed by atoms with Crippen molar-refractivity contribution in [1.82, 2.24) is 5.32 Å². The van der Waals surface area contributed by atoms with Gasteiger partial charge in [0.25, 0.3) is 0 Å². The van der Waals surface area contributed by atoms with E-state index < -0.39 is 0 Å². The zero-order valence-corrected chi connectivity index (χ0v) is 22.1. The molecule has 32 heavy (non-hydrogen) atoms. The molecule has 1 amide bonds. The van der Waals surface area contributed by atoms with Crippen LogP contribution < -0.4 is 5.32 Å². The van der Waals surface area contributed by atoms with Crippen LogP contribution in [-0.2, 0) is 9.59 Å². The third-order valence-electron chi connectivity index (χ3n) is 6.99. The fourth-order valence-electron chi connectivity index (χ4n) is 4.95. The zero-order valence-electron chi connectivity index (χ0n) is 21.3. The molecule has 1 aliphatic rings. The smallest absolute Gasteiger partial charge is 0.230 e. The van der Waals surface area contributed by atoms with Gasteiger partial charge in [-0.3, -0.25) is 9.59 Å². The summed E-state index contributed by atoms with van der Waals surface area (Å²) in [6.07, 6.45) is 30.9. The molecule has 1 aliphatic carbocycles. The average molecular weight is 468 g/mol. The van der Waals surface area contributed by atoms with Crippen LogP contribution in [0.4, 0.5) is 0 Å². The number of hydrogen-bond acceptors (Lipinski definition) is 3. The summed E-state index contributed by atoms with van der Waals surface area (Å²) >= 11 is 1.09. The van der Waals surface area contributed by atoms with Crippen LogP contribution in [0.25, 0.3) is 0 Å². The van der Waals surface area contributed by atoms with Crippen LogP contribution in [0, 0.1) is 5.92 Å². The van der Waals surface area contributed by atoms with Gasteiger partial charge in [0, 0.05) is 13.5 Å². The molecule has 0 aliphatic heterocycles. The summed E-state index contributed by atoms with van der Waals surface area (Å²) in [4.78, 5) is 22.6. The van der Waals surface area contributed by atoms with Gasteiger partial charge in [0.2, 0.25) is 5.91 Å². The van der Waals surface area contributed by atoms with Crippen LogP contribution in [0.2, 0.25) is 0 Å². The first-order valence-electron chi connectivity index (χ1n) is 14.1. The van der Waals surface area contributed by atoms with Crippen LogP contribution in [0.3, 0.4) is 0 Å². The zero-order chi connectivity index (χ0) is 23.1. The molecule has 1 fully saturated rings. The van der Waals surface area contributed by atoms with Crippen molar-refractivity contribution in [2.75, 3.05) is 12.3 Å². The monoisotopic (exact) mass is 467 g/mol.